The number of esters is 1. The Morgan fingerprint density at radius 3 is 1.62 bits per heavy atom. The minimum absolute atomic E-state index is 0.0876. The van der Waals surface area contributed by atoms with Gasteiger partial charge in [-0.2, -0.15) is 10.2 Å². The minimum Gasteiger partial charge on any atom is -0.457 e. The topological polar surface area (TPSA) is 60.3 Å². The van der Waals surface area contributed by atoms with Crippen LogP contribution in [0.5, 0.6) is 5.75 Å². The van der Waals surface area contributed by atoms with Crippen molar-refractivity contribution in [2.45, 2.75) is 124 Å². The molecule has 1 unspecified atom stereocenters. The second kappa shape index (κ2) is 21.2. The Morgan fingerprint density at radius 2 is 1.13 bits per heavy atom. The third-order valence-electron chi connectivity index (χ3n) is 7.31. The third kappa shape index (κ3) is 15.5. The maximum atomic E-state index is 11.7. The number of nitrogens with zero attached hydrogens (tertiary/aromatic N) is 2. The smallest absolute Gasteiger partial charge is 0.311 e. The van der Waals surface area contributed by atoms with Crippen LogP contribution in [0.4, 0.5) is 11.4 Å². The fourth-order valence-electron chi connectivity index (χ4n) is 4.44. The zero-order chi connectivity index (χ0) is 28.0. The van der Waals surface area contributed by atoms with Crippen molar-refractivity contribution in [1.82, 2.24) is 0 Å². The summed E-state index contributed by atoms with van der Waals surface area (Å²) in [6, 6.07) is 15.6. The van der Waals surface area contributed by atoms with Gasteiger partial charge in [0.1, 0.15) is 5.75 Å². The molecule has 0 heterocycles. The van der Waals surface area contributed by atoms with Crippen molar-refractivity contribution in [2.75, 3.05) is 6.79 Å². The SMILES string of the molecule is CCCCCCCCCCCCCCCCc1ccc(/N=N\c2ccc(OCOC(=O)C(C)CC)cc2)cc1. The number of rotatable bonds is 22. The van der Waals surface area contributed by atoms with Gasteiger partial charge < -0.3 is 9.47 Å². The molecule has 0 fully saturated rings. The van der Waals surface area contributed by atoms with E-state index >= 15 is 0 Å². The molecule has 2 aromatic rings. The van der Waals surface area contributed by atoms with E-state index in [4.69, 9.17) is 9.47 Å². The Labute approximate surface area is 237 Å². The molecule has 0 saturated heterocycles. The number of aryl methyl sites for hydroxylation is 1. The van der Waals surface area contributed by atoms with Crippen molar-refractivity contribution in [2.24, 2.45) is 16.1 Å². The maximum absolute atomic E-state index is 11.7. The molecule has 5 heteroatoms. The number of hydrogen-bond acceptors (Lipinski definition) is 5. The van der Waals surface area contributed by atoms with E-state index in [1.807, 2.05) is 38.1 Å². The van der Waals surface area contributed by atoms with Crippen molar-refractivity contribution in [3.05, 3.63) is 54.1 Å². The van der Waals surface area contributed by atoms with Gasteiger partial charge in [0.2, 0.25) is 6.79 Å². The number of azo groups is 1. The van der Waals surface area contributed by atoms with Crippen molar-refractivity contribution in [1.29, 1.82) is 0 Å². The molecule has 0 saturated carbocycles. The quantitative estimate of drug-likeness (QED) is 0.0650. The maximum Gasteiger partial charge on any atom is 0.311 e. The number of hydrogen-bond donors (Lipinski definition) is 0. The van der Waals surface area contributed by atoms with Crippen LogP contribution in [0.25, 0.3) is 0 Å². The lowest BCUT2D eigenvalue weighted by molar-refractivity contribution is -0.154. The normalized spacial score (nSPS) is 12.1. The Kier molecular flexibility index (Phi) is 17.7. The molecule has 0 aliphatic rings. The van der Waals surface area contributed by atoms with Gasteiger partial charge in [-0.15, -0.1) is 0 Å². The Bertz CT molecular complexity index is 909. The van der Waals surface area contributed by atoms with Crippen LogP contribution in [0.2, 0.25) is 0 Å². The summed E-state index contributed by atoms with van der Waals surface area (Å²) in [4.78, 5) is 11.7. The van der Waals surface area contributed by atoms with E-state index in [1.54, 1.807) is 12.1 Å². The highest BCUT2D eigenvalue weighted by Gasteiger charge is 2.11. The van der Waals surface area contributed by atoms with Gasteiger partial charge in [0.25, 0.3) is 0 Å². The first-order valence-corrected chi connectivity index (χ1v) is 15.5. The molecule has 1 atom stereocenters. The van der Waals surface area contributed by atoms with Gasteiger partial charge in [0.15, 0.2) is 0 Å². The highest BCUT2D eigenvalue weighted by Crippen LogP contribution is 2.22. The van der Waals surface area contributed by atoms with E-state index in [9.17, 15) is 4.79 Å². The summed E-state index contributed by atoms with van der Waals surface area (Å²) in [6.07, 6.45) is 21.4. The molecule has 2 aromatic carbocycles. The second-order valence-corrected chi connectivity index (χ2v) is 10.7. The van der Waals surface area contributed by atoms with Gasteiger partial charge in [0.05, 0.1) is 17.3 Å². The molecular formula is C34H52N2O3. The molecule has 0 amide bonds. The highest BCUT2D eigenvalue weighted by atomic mass is 16.7. The molecule has 0 N–H and O–H groups in total. The standard InChI is InChI=1S/C34H52N2O3/c1-4-6-7-8-9-10-11-12-13-14-15-16-17-18-19-30-20-22-31(23-21-30)35-36-32-24-26-33(27-25-32)38-28-39-34(37)29(3)5-2/h20-27,29H,4-19,28H2,1-3H3/b36-35-. The van der Waals surface area contributed by atoms with Crippen LogP contribution in [0.1, 0.15) is 123 Å². The predicted octanol–water partition coefficient (Wildman–Crippen LogP) is 11.1. The number of carbonyl (C=O) groups is 1. The van der Waals surface area contributed by atoms with Gasteiger partial charge in [-0.3, -0.25) is 4.79 Å². The molecular weight excluding hydrogens is 484 g/mol. The molecule has 0 spiro atoms. The third-order valence-corrected chi connectivity index (χ3v) is 7.31. The minimum atomic E-state index is -0.242. The van der Waals surface area contributed by atoms with Crippen LogP contribution in [0.15, 0.2) is 58.8 Å². The summed E-state index contributed by atoms with van der Waals surface area (Å²) in [6.45, 7) is 5.99. The van der Waals surface area contributed by atoms with Gasteiger partial charge in [-0.25, -0.2) is 0 Å². The first-order valence-electron chi connectivity index (χ1n) is 15.5. The van der Waals surface area contributed by atoms with Gasteiger partial charge in [-0.05, 0) is 61.2 Å². The van der Waals surface area contributed by atoms with E-state index in [0.29, 0.717) is 5.75 Å². The molecule has 2 rings (SSSR count). The Hall–Kier alpha value is -2.69. The molecule has 0 aliphatic heterocycles. The number of benzene rings is 2. The van der Waals surface area contributed by atoms with Crippen LogP contribution in [-0.4, -0.2) is 12.8 Å². The van der Waals surface area contributed by atoms with E-state index in [-0.39, 0.29) is 18.7 Å². The molecule has 0 radical (unpaired) electrons. The van der Waals surface area contributed by atoms with Gasteiger partial charge in [0, 0.05) is 0 Å². The largest absolute Gasteiger partial charge is 0.457 e. The first-order chi connectivity index (χ1) is 19.1. The van der Waals surface area contributed by atoms with Gasteiger partial charge in [-0.1, -0.05) is 116 Å². The summed E-state index contributed by atoms with van der Waals surface area (Å²) in [5, 5.41) is 8.67. The van der Waals surface area contributed by atoms with Crippen molar-refractivity contribution in [3.63, 3.8) is 0 Å². The molecule has 39 heavy (non-hydrogen) atoms. The lowest BCUT2D eigenvalue weighted by Crippen LogP contribution is -2.17. The number of ether oxygens (including phenoxy) is 2. The summed E-state index contributed by atoms with van der Waals surface area (Å²) >= 11 is 0. The molecule has 0 aliphatic carbocycles. The van der Waals surface area contributed by atoms with Crippen LogP contribution >= 0.6 is 0 Å². The Balaban J connectivity index is 1.53. The van der Waals surface area contributed by atoms with Crippen molar-refractivity contribution < 1.29 is 14.3 Å². The molecule has 5 nitrogen and oxygen atoms in total. The van der Waals surface area contributed by atoms with Crippen LogP contribution in [-0.2, 0) is 16.0 Å². The molecule has 0 aromatic heterocycles. The van der Waals surface area contributed by atoms with Crippen LogP contribution in [0.3, 0.4) is 0 Å². The molecule has 216 valence electrons. The summed E-state index contributed by atoms with van der Waals surface area (Å²) in [5.41, 5.74) is 2.95. The fraction of sp³-hybridized carbons (Fsp3) is 0.618. The number of unbranched alkanes of at least 4 members (excludes halogenated alkanes) is 13. The Morgan fingerprint density at radius 1 is 0.667 bits per heavy atom. The average Bonchev–Trinajstić information content (AvgIpc) is 2.97. The summed E-state index contributed by atoms with van der Waals surface area (Å²) < 4.78 is 10.6. The van der Waals surface area contributed by atoms with Crippen LogP contribution < -0.4 is 4.74 Å². The lowest BCUT2D eigenvalue weighted by atomic mass is 10.0. The molecule has 0 bridgehead atoms. The predicted molar refractivity (Wildman–Crippen MR) is 162 cm³/mol. The monoisotopic (exact) mass is 536 g/mol. The van der Waals surface area contributed by atoms with Gasteiger partial charge >= 0.3 is 5.97 Å². The van der Waals surface area contributed by atoms with E-state index in [1.165, 1.54) is 95.5 Å². The van der Waals surface area contributed by atoms with Crippen LogP contribution in [0, 0.1) is 5.92 Å². The van der Waals surface area contributed by atoms with Crippen molar-refractivity contribution in [3.8, 4) is 5.75 Å². The van der Waals surface area contributed by atoms with E-state index in [0.717, 1.165) is 24.2 Å². The van der Waals surface area contributed by atoms with E-state index < -0.39 is 0 Å². The fourth-order valence-corrected chi connectivity index (χ4v) is 4.44. The summed E-state index contributed by atoms with van der Waals surface area (Å²) in [7, 11) is 0. The summed E-state index contributed by atoms with van der Waals surface area (Å²) in [5.74, 6) is 0.266. The van der Waals surface area contributed by atoms with E-state index in [2.05, 4.69) is 29.3 Å². The number of carbonyl (C=O) groups excluding carboxylic acids is 1. The highest BCUT2D eigenvalue weighted by molar-refractivity contribution is 5.71. The second-order valence-electron chi connectivity index (χ2n) is 10.7. The lowest BCUT2D eigenvalue weighted by Gasteiger charge is -2.10. The zero-order valence-corrected chi connectivity index (χ0v) is 24.8. The zero-order valence-electron chi connectivity index (χ0n) is 24.8. The average molecular weight is 537 g/mol. The van der Waals surface area contributed by atoms with Crippen molar-refractivity contribution >= 4 is 17.3 Å². The first kappa shape index (κ1) is 32.5.